The predicted molar refractivity (Wildman–Crippen MR) is 69.0 cm³/mol. The van der Waals surface area contributed by atoms with Crippen LogP contribution in [0.2, 0.25) is 5.02 Å². The van der Waals surface area contributed by atoms with Crippen LogP contribution in [0.25, 0.3) is 0 Å². The third kappa shape index (κ3) is 2.89. The monoisotopic (exact) mass is 240 g/mol. The molecule has 1 N–H and O–H groups in total. The first-order valence-electron chi connectivity index (χ1n) is 5.01. The molecule has 0 aromatic heterocycles. The van der Waals surface area contributed by atoms with Crippen molar-refractivity contribution < 1.29 is 0 Å². The number of hydrogen-bond acceptors (Lipinski definition) is 3. The number of rotatable bonds is 2. The molecule has 1 atom stereocenters. The number of aliphatic imine (C=N–C) groups is 1. The van der Waals surface area contributed by atoms with Crippen molar-refractivity contribution in [1.82, 2.24) is 0 Å². The molecule has 2 rings (SSSR count). The van der Waals surface area contributed by atoms with E-state index in [0.717, 1.165) is 28.1 Å². The Bertz CT molecular complexity index is 379. The molecule has 0 fully saturated rings. The fourth-order valence-electron chi connectivity index (χ4n) is 1.38. The second-order valence-electron chi connectivity index (χ2n) is 3.44. The summed E-state index contributed by atoms with van der Waals surface area (Å²) in [5.41, 5.74) is 1.01. The summed E-state index contributed by atoms with van der Waals surface area (Å²) in [6, 6.07) is 8.17. The first-order valence-corrected chi connectivity index (χ1v) is 6.37. The van der Waals surface area contributed by atoms with Crippen LogP contribution in [0.1, 0.15) is 13.3 Å². The van der Waals surface area contributed by atoms with Crippen LogP contribution in [0.15, 0.2) is 29.3 Å². The zero-order valence-corrected chi connectivity index (χ0v) is 10.1. The lowest BCUT2D eigenvalue weighted by Crippen LogP contribution is -2.05. The molecule has 0 radical (unpaired) electrons. The van der Waals surface area contributed by atoms with Crippen molar-refractivity contribution in [3.05, 3.63) is 29.3 Å². The fourth-order valence-corrected chi connectivity index (χ4v) is 2.65. The van der Waals surface area contributed by atoms with E-state index in [1.54, 1.807) is 11.8 Å². The number of thioether (sulfide) groups is 1. The van der Waals surface area contributed by atoms with Gasteiger partial charge in [0.1, 0.15) is 0 Å². The summed E-state index contributed by atoms with van der Waals surface area (Å²) in [5.74, 6) is 1.08. The molecule has 80 valence electrons. The highest BCUT2D eigenvalue weighted by Gasteiger charge is 2.16. The molecule has 1 aromatic rings. The van der Waals surface area contributed by atoms with Gasteiger partial charge in [0.05, 0.1) is 6.04 Å². The number of amidine groups is 1. The minimum absolute atomic E-state index is 0.469. The maximum atomic E-state index is 5.90. The summed E-state index contributed by atoms with van der Waals surface area (Å²) in [5, 5.41) is 5.02. The SMILES string of the molecule is CCC1CSC(Nc2cccc(Cl)c2)=N1. The van der Waals surface area contributed by atoms with Crippen molar-refractivity contribution >= 4 is 34.2 Å². The van der Waals surface area contributed by atoms with E-state index in [9.17, 15) is 0 Å². The molecule has 15 heavy (non-hydrogen) atoms. The molecule has 0 bridgehead atoms. The van der Waals surface area contributed by atoms with E-state index in [0.29, 0.717) is 6.04 Å². The van der Waals surface area contributed by atoms with Gasteiger partial charge in [-0.1, -0.05) is 36.4 Å². The summed E-state index contributed by atoms with van der Waals surface area (Å²) in [6.07, 6.45) is 1.10. The minimum Gasteiger partial charge on any atom is -0.335 e. The van der Waals surface area contributed by atoms with Crippen molar-refractivity contribution in [1.29, 1.82) is 0 Å². The van der Waals surface area contributed by atoms with Crippen LogP contribution in [0.4, 0.5) is 5.69 Å². The summed E-state index contributed by atoms with van der Waals surface area (Å²) in [6.45, 7) is 2.16. The van der Waals surface area contributed by atoms with Crippen LogP contribution in [-0.4, -0.2) is 17.0 Å². The molecule has 1 heterocycles. The molecular weight excluding hydrogens is 228 g/mol. The van der Waals surface area contributed by atoms with Gasteiger partial charge in [0.15, 0.2) is 5.17 Å². The lowest BCUT2D eigenvalue weighted by Gasteiger charge is -2.04. The highest BCUT2D eigenvalue weighted by Crippen LogP contribution is 2.23. The molecule has 4 heteroatoms. The average molecular weight is 241 g/mol. The van der Waals surface area contributed by atoms with Gasteiger partial charge in [0.25, 0.3) is 0 Å². The Hall–Kier alpha value is -0.670. The second kappa shape index (κ2) is 4.90. The van der Waals surface area contributed by atoms with E-state index in [-0.39, 0.29) is 0 Å². The lowest BCUT2D eigenvalue weighted by molar-refractivity contribution is 0.738. The Balaban J connectivity index is 2.03. The maximum absolute atomic E-state index is 5.90. The number of halogens is 1. The topological polar surface area (TPSA) is 24.4 Å². The number of anilines is 1. The molecule has 1 aliphatic heterocycles. The van der Waals surface area contributed by atoms with Gasteiger partial charge in [-0.3, -0.25) is 4.99 Å². The van der Waals surface area contributed by atoms with Gasteiger partial charge in [0.2, 0.25) is 0 Å². The number of benzene rings is 1. The van der Waals surface area contributed by atoms with Crippen LogP contribution in [0.3, 0.4) is 0 Å². The highest BCUT2D eigenvalue weighted by molar-refractivity contribution is 8.14. The van der Waals surface area contributed by atoms with Gasteiger partial charge in [-0.05, 0) is 24.6 Å². The molecule has 0 amide bonds. The van der Waals surface area contributed by atoms with Crippen LogP contribution in [0, 0.1) is 0 Å². The number of nitrogens with one attached hydrogen (secondary N) is 1. The molecule has 0 spiro atoms. The smallest absolute Gasteiger partial charge is 0.161 e. The van der Waals surface area contributed by atoms with Crippen molar-refractivity contribution in [2.45, 2.75) is 19.4 Å². The number of hydrogen-bond donors (Lipinski definition) is 1. The Kier molecular flexibility index (Phi) is 3.54. The standard InChI is InChI=1S/C11H13ClN2S/c1-2-9-7-15-11(13-9)14-10-5-3-4-8(12)6-10/h3-6,9H,2,7H2,1H3,(H,13,14). The zero-order chi connectivity index (χ0) is 10.7. The number of nitrogens with zero attached hydrogens (tertiary/aromatic N) is 1. The Morgan fingerprint density at radius 1 is 1.60 bits per heavy atom. The third-order valence-electron chi connectivity index (χ3n) is 2.26. The molecular formula is C11H13ClN2S. The van der Waals surface area contributed by atoms with E-state index in [2.05, 4.69) is 17.2 Å². The molecule has 0 saturated carbocycles. The van der Waals surface area contributed by atoms with Gasteiger partial charge in [-0.15, -0.1) is 0 Å². The molecule has 2 nitrogen and oxygen atoms in total. The first kappa shape index (κ1) is 10.8. The largest absolute Gasteiger partial charge is 0.335 e. The van der Waals surface area contributed by atoms with Crippen molar-refractivity contribution in [2.75, 3.05) is 11.1 Å². The summed E-state index contributed by atoms with van der Waals surface area (Å²) in [7, 11) is 0. The second-order valence-corrected chi connectivity index (χ2v) is 4.89. The summed E-state index contributed by atoms with van der Waals surface area (Å²) in [4.78, 5) is 4.56. The van der Waals surface area contributed by atoms with Gasteiger partial charge in [0, 0.05) is 16.5 Å². The zero-order valence-electron chi connectivity index (χ0n) is 8.53. The Morgan fingerprint density at radius 2 is 2.47 bits per heavy atom. The van der Waals surface area contributed by atoms with E-state index in [4.69, 9.17) is 11.6 Å². The predicted octanol–water partition coefficient (Wildman–Crippen LogP) is 3.63. The van der Waals surface area contributed by atoms with Gasteiger partial charge in [-0.25, -0.2) is 0 Å². The van der Waals surface area contributed by atoms with Crippen LogP contribution >= 0.6 is 23.4 Å². The van der Waals surface area contributed by atoms with E-state index < -0.39 is 0 Å². The lowest BCUT2D eigenvalue weighted by atomic mass is 10.3. The quantitative estimate of drug-likeness (QED) is 0.854. The fraction of sp³-hybridized carbons (Fsp3) is 0.364. The minimum atomic E-state index is 0.469. The van der Waals surface area contributed by atoms with Gasteiger partial charge < -0.3 is 5.32 Å². The Labute approximate surface area is 99.1 Å². The van der Waals surface area contributed by atoms with Crippen molar-refractivity contribution in [3.63, 3.8) is 0 Å². The van der Waals surface area contributed by atoms with Gasteiger partial charge in [-0.2, -0.15) is 0 Å². The van der Waals surface area contributed by atoms with Crippen molar-refractivity contribution in [2.24, 2.45) is 4.99 Å². The van der Waals surface area contributed by atoms with Gasteiger partial charge >= 0.3 is 0 Å². The van der Waals surface area contributed by atoms with Crippen LogP contribution in [-0.2, 0) is 0 Å². The van der Waals surface area contributed by atoms with Crippen LogP contribution < -0.4 is 5.32 Å². The normalized spacial score (nSPS) is 20.1. The molecule has 0 aliphatic carbocycles. The Morgan fingerprint density at radius 3 is 3.13 bits per heavy atom. The average Bonchev–Trinajstić information content (AvgIpc) is 2.65. The molecule has 1 unspecified atom stereocenters. The van der Waals surface area contributed by atoms with E-state index in [1.165, 1.54) is 0 Å². The van der Waals surface area contributed by atoms with Crippen LogP contribution in [0.5, 0.6) is 0 Å². The first-order chi connectivity index (χ1) is 7.28. The third-order valence-corrected chi connectivity index (χ3v) is 3.53. The molecule has 1 aliphatic rings. The maximum Gasteiger partial charge on any atom is 0.161 e. The van der Waals surface area contributed by atoms with E-state index in [1.807, 2.05) is 24.3 Å². The highest BCUT2D eigenvalue weighted by atomic mass is 35.5. The summed E-state index contributed by atoms with van der Waals surface area (Å²) < 4.78 is 0. The summed E-state index contributed by atoms with van der Waals surface area (Å²) >= 11 is 7.67. The molecule has 0 saturated heterocycles. The van der Waals surface area contributed by atoms with E-state index >= 15 is 0 Å². The molecule has 1 aromatic carbocycles. The van der Waals surface area contributed by atoms with Crippen molar-refractivity contribution in [3.8, 4) is 0 Å².